The van der Waals surface area contributed by atoms with Gasteiger partial charge in [-0.3, -0.25) is 4.79 Å². The fraction of sp³-hybridized carbons (Fsp3) is 0.167. The second-order valence-electron chi connectivity index (χ2n) is 5.44. The van der Waals surface area contributed by atoms with Crippen LogP contribution in [0, 0.1) is 6.92 Å². The van der Waals surface area contributed by atoms with Crippen LogP contribution in [0.4, 0.5) is 5.82 Å². The molecule has 26 heavy (non-hydrogen) atoms. The minimum Gasteiger partial charge on any atom is -0.496 e. The van der Waals surface area contributed by atoms with Crippen molar-refractivity contribution in [2.24, 2.45) is 0 Å². The SMILES string of the molecule is COc1ccc(-c2nonc2NC(=O)COc2ccc(Br)cc2)cc1C. The van der Waals surface area contributed by atoms with Crippen LogP contribution in [-0.2, 0) is 4.79 Å². The first-order chi connectivity index (χ1) is 12.6. The van der Waals surface area contributed by atoms with Crippen LogP contribution >= 0.6 is 15.9 Å². The van der Waals surface area contributed by atoms with Gasteiger partial charge in [-0.1, -0.05) is 15.9 Å². The van der Waals surface area contributed by atoms with Crippen LogP contribution in [0.2, 0.25) is 0 Å². The van der Waals surface area contributed by atoms with Gasteiger partial charge in [-0.2, -0.15) is 0 Å². The van der Waals surface area contributed by atoms with Crippen LogP contribution in [0.25, 0.3) is 11.3 Å². The van der Waals surface area contributed by atoms with Gasteiger partial charge in [-0.25, -0.2) is 4.63 Å². The third kappa shape index (κ3) is 4.20. The number of amides is 1. The molecule has 0 aliphatic rings. The third-order valence-corrected chi connectivity index (χ3v) is 4.13. The fourth-order valence-electron chi connectivity index (χ4n) is 2.33. The maximum atomic E-state index is 12.1. The topological polar surface area (TPSA) is 86.5 Å². The number of nitrogens with one attached hydrogen (secondary N) is 1. The van der Waals surface area contributed by atoms with Crippen LogP contribution < -0.4 is 14.8 Å². The van der Waals surface area contributed by atoms with Crippen molar-refractivity contribution in [3.05, 3.63) is 52.5 Å². The van der Waals surface area contributed by atoms with Crippen molar-refractivity contribution in [3.63, 3.8) is 0 Å². The Balaban J connectivity index is 1.67. The van der Waals surface area contributed by atoms with Crippen molar-refractivity contribution in [3.8, 4) is 22.8 Å². The van der Waals surface area contributed by atoms with Gasteiger partial charge in [0.05, 0.1) is 7.11 Å². The molecule has 3 rings (SSSR count). The molecule has 0 bridgehead atoms. The number of aromatic nitrogens is 2. The lowest BCUT2D eigenvalue weighted by atomic mass is 10.1. The molecule has 7 nitrogen and oxygen atoms in total. The van der Waals surface area contributed by atoms with Crippen molar-refractivity contribution >= 4 is 27.7 Å². The highest BCUT2D eigenvalue weighted by molar-refractivity contribution is 9.10. The summed E-state index contributed by atoms with van der Waals surface area (Å²) in [5, 5.41) is 10.3. The number of carbonyl (C=O) groups is 1. The first-order valence-electron chi connectivity index (χ1n) is 7.72. The molecule has 1 N–H and O–H groups in total. The minimum atomic E-state index is -0.366. The summed E-state index contributed by atoms with van der Waals surface area (Å²) in [7, 11) is 1.61. The summed E-state index contributed by atoms with van der Waals surface area (Å²) in [6.45, 7) is 1.76. The Hall–Kier alpha value is -2.87. The van der Waals surface area contributed by atoms with E-state index in [1.807, 2.05) is 37.3 Å². The molecule has 0 unspecified atom stereocenters. The molecule has 0 aliphatic carbocycles. The van der Waals surface area contributed by atoms with Crippen molar-refractivity contribution in [2.75, 3.05) is 19.0 Å². The third-order valence-electron chi connectivity index (χ3n) is 3.60. The van der Waals surface area contributed by atoms with Crippen LogP contribution in [0.3, 0.4) is 0 Å². The van der Waals surface area contributed by atoms with Gasteiger partial charge in [0.2, 0.25) is 5.82 Å². The summed E-state index contributed by atoms with van der Waals surface area (Å²) in [6, 6.07) is 12.7. The van der Waals surface area contributed by atoms with E-state index in [-0.39, 0.29) is 18.3 Å². The van der Waals surface area contributed by atoms with Crippen LogP contribution in [0.5, 0.6) is 11.5 Å². The van der Waals surface area contributed by atoms with Gasteiger partial charge in [0, 0.05) is 10.0 Å². The zero-order valence-electron chi connectivity index (χ0n) is 14.2. The molecule has 0 atom stereocenters. The molecule has 8 heteroatoms. The van der Waals surface area contributed by atoms with Gasteiger partial charge >= 0.3 is 0 Å². The summed E-state index contributed by atoms with van der Waals surface area (Å²) < 4.78 is 16.4. The summed E-state index contributed by atoms with van der Waals surface area (Å²) in [6.07, 6.45) is 0. The van der Waals surface area contributed by atoms with E-state index in [2.05, 4.69) is 31.6 Å². The number of benzene rings is 2. The molecule has 3 aromatic rings. The van der Waals surface area contributed by atoms with Crippen LogP contribution in [0.1, 0.15) is 5.56 Å². The summed E-state index contributed by atoms with van der Waals surface area (Å²) >= 11 is 3.34. The normalized spacial score (nSPS) is 10.4. The number of hydrogen-bond donors (Lipinski definition) is 1. The Labute approximate surface area is 158 Å². The summed E-state index contributed by atoms with van der Waals surface area (Å²) in [5.41, 5.74) is 2.13. The van der Waals surface area contributed by atoms with Crippen LogP contribution in [-0.4, -0.2) is 29.9 Å². The Kier molecular flexibility index (Phi) is 5.52. The van der Waals surface area contributed by atoms with Gasteiger partial charge in [0.25, 0.3) is 5.91 Å². The van der Waals surface area contributed by atoms with Crippen molar-refractivity contribution in [1.29, 1.82) is 0 Å². The number of nitrogens with zero attached hydrogens (tertiary/aromatic N) is 2. The Morgan fingerprint density at radius 3 is 2.65 bits per heavy atom. The largest absolute Gasteiger partial charge is 0.496 e. The molecule has 1 aromatic heterocycles. The Morgan fingerprint density at radius 1 is 1.19 bits per heavy atom. The zero-order chi connectivity index (χ0) is 18.5. The minimum absolute atomic E-state index is 0.157. The molecule has 0 saturated heterocycles. The number of aryl methyl sites for hydroxylation is 1. The number of carbonyl (C=O) groups excluding carboxylic acids is 1. The van der Waals surface area contributed by atoms with E-state index >= 15 is 0 Å². The maximum absolute atomic E-state index is 12.1. The Morgan fingerprint density at radius 2 is 1.96 bits per heavy atom. The number of ether oxygens (including phenoxy) is 2. The number of rotatable bonds is 6. The summed E-state index contributed by atoms with van der Waals surface area (Å²) in [5.74, 6) is 1.22. The van der Waals surface area contributed by atoms with E-state index in [9.17, 15) is 4.79 Å². The molecule has 2 aromatic carbocycles. The van der Waals surface area contributed by atoms with Gasteiger partial charge in [-0.05, 0) is 65.3 Å². The lowest BCUT2D eigenvalue weighted by Gasteiger charge is -2.08. The second-order valence-corrected chi connectivity index (χ2v) is 6.35. The molecule has 0 radical (unpaired) electrons. The smallest absolute Gasteiger partial charge is 0.263 e. The van der Waals surface area contributed by atoms with Gasteiger partial charge < -0.3 is 14.8 Å². The number of anilines is 1. The van der Waals surface area contributed by atoms with Gasteiger partial charge in [0.15, 0.2) is 12.3 Å². The predicted molar refractivity (Wildman–Crippen MR) is 99.3 cm³/mol. The zero-order valence-corrected chi connectivity index (χ0v) is 15.7. The first kappa shape index (κ1) is 17.9. The highest BCUT2D eigenvalue weighted by atomic mass is 79.9. The number of hydrogen-bond acceptors (Lipinski definition) is 6. The quantitative estimate of drug-likeness (QED) is 0.655. The molecule has 1 amide bonds. The van der Waals surface area contributed by atoms with E-state index in [4.69, 9.17) is 14.1 Å². The average molecular weight is 418 g/mol. The maximum Gasteiger partial charge on any atom is 0.263 e. The monoisotopic (exact) mass is 417 g/mol. The van der Waals surface area contributed by atoms with Gasteiger partial charge in [0.1, 0.15) is 11.5 Å². The van der Waals surface area contributed by atoms with E-state index in [0.29, 0.717) is 11.4 Å². The van der Waals surface area contributed by atoms with Crippen LogP contribution in [0.15, 0.2) is 51.6 Å². The van der Waals surface area contributed by atoms with Gasteiger partial charge in [-0.15, -0.1) is 0 Å². The Bertz CT molecular complexity index is 909. The molecule has 134 valence electrons. The molecule has 0 aliphatic heterocycles. The molecular formula is C18H16BrN3O4. The lowest BCUT2D eigenvalue weighted by molar-refractivity contribution is -0.118. The molecular weight excluding hydrogens is 402 g/mol. The molecule has 1 heterocycles. The standard InChI is InChI=1S/C18H16BrN3O4/c1-11-9-12(3-8-15(11)24-2)17-18(22-26-21-17)20-16(23)10-25-14-6-4-13(19)5-7-14/h3-9H,10H2,1-2H3,(H,20,22,23). The van der Waals surface area contributed by atoms with E-state index in [0.717, 1.165) is 21.3 Å². The molecule has 0 spiro atoms. The van der Waals surface area contributed by atoms with Crippen molar-refractivity contribution < 1.29 is 18.9 Å². The van der Waals surface area contributed by atoms with Crippen molar-refractivity contribution in [1.82, 2.24) is 10.3 Å². The lowest BCUT2D eigenvalue weighted by Crippen LogP contribution is -2.20. The highest BCUT2D eigenvalue weighted by Gasteiger charge is 2.16. The second kappa shape index (κ2) is 8.01. The van der Waals surface area contributed by atoms with Crippen molar-refractivity contribution in [2.45, 2.75) is 6.92 Å². The summed E-state index contributed by atoms with van der Waals surface area (Å²) in [4.78, 5) is 12.1. The average Bonchev–Trinajstić information content (AvgIpc) is 3.09. The molecule has 0 saturated carbocycles. The van der Waals surface area contributed by atoms with E-state index in [1.54, 1.807) is 19.2 Å². The first-order valence-corrected chi connectivity index (χ1v) is 8.52. The van der Waals surface area contributed by atoms with E-state index in [1.165, 1.54) is 0 Å². The fourth-order valence-corrected chi connectivity index (χ4v) is 2.60. The number of methoxy groups -OCH3 is 1. The van der Waals surface area contributed by atoms with E-state index < -0.39 is 0 Å². The predicted octanol–water partition coefficient (Wildman–Crippen LogP) is 3.83. The molecule has 0 fully saturated rings. The highest BCUT2D eigenvalue weighted by Crippen LogP contribution is 2.28. The number of halogens is 1.